The first-order valence-corrected chi connectivity index (χ1v) is 32.1. The van der Waals surface area contributed by atoms with E-state index in [1.165, 1.54) is 50.4 Å². The largest absolute Gasteiger partial charge is 0.441 e. The molecule has 4 aromatic heterocycles. The molecule has 0 bridgehead atoms. The van der Waals surface area contributed by atoms with Crippen molar-refractivity contribution in [3.05, 3.63) is 56.8 Å². The van der Waals surface area contributed by atoms with Crippen molar-refractivity contribution in [1.29, 1.82) is 0 Å². The molecule has 6 rings (SSSR count). The second kappa shape index (κ2) is 36.5. The first-order chi connectivity index (χ1) is 46.3. The van der Waals surface area contributed by atoms with Crippen molar-refractivity contribution in [3.63, 3.8) is 0 Å². The maximum atomic E-state index is 15.2. The molecule has 542 valence electrons. The Bertz CT molecular complexity index is 3380. The van der Waals surface area contributed by atoms with Crippen LogP contribution >= 0.6 is 22.7 Å². The van der Waals surface area contributed by atoms with E-state index in [0.29, 0.717) is 41.6 Å². The van der Waals surface area contributed by atoms with Crippen molar-refractivity contribution in [2.24, 2.45) is 45.3 Å². The standard InChI is InChI=1S/C55H84N20O21S2/c1-19-32(72-45(75-43(19)58)24(11-30(57)79)67-12-23(56)44(59)85)49(89)74-34(40(25-13-63-18-68-25)94-53-42(38(83)36(81)28(14-76)93-53)95-52-39(84)41(96-55(62)91)37(82)29(15-77)92-52)50(90)69-21(3)35(80)20(2)46(86)73-33(22(4)78)48(88)65-10-7-31-70-27(17-97-31)51-71-26(16-98-51)47(87)64-8-5-6-9-66-54(60)61/h13,16-18,20-24,28-29,33-42,52-53,67,76-78,80-84H,5-12,14-15,56H2,1-4H3,(H2,57,79)(H2,59,85)(H2,62,91)(H,63,68)(H,64,87)(H,65,88)(H,69,90)(H,73,86)(H,74,89)(H2,58,72,75)(H4,60,61,66)/t20-,21+,22+,23-,24-,28-,29+,33-,34-,35-,36+,37+,38-,39-,40-,41-,42-,52+,53+/m1/s1. The van der Waals surface area contributed by atoms with Gasteiger partial charge < -0.3 is 142 Å². The first kappa shape index (κ1) is 78.6. The van der Waals surface area contributed by atoms with E-state index in [0.717, 1.165) is 12.5 Å². The summed E-state index contributed by atoms with van der Waals surface area (Å²) >= 11 is 2.46. The van der Waals surface area contributed by atoms with Gasteiger partial charge in [-0.2, -0.15) is 0 Å². The average molecular weight is 1430 g/mol. The smallest absolute Gasteiger partial charge is 0.404 e. The lowest BCUT2D eigenvalue weighted by Crippen LogP contribution is -2.65. The molecule has 0 radical (unpaired) electrons. The Morgan fingerprint density at radius 1 is 0.765 bits per heavy atom. The van der Waals surface area contributed by atoms with Crippen LogP contribution in [0, 0.1) is 12.8 Å². The van der Waals surface area contributed by atoms with Gasteiger partial charge in [0.05, 0.1) is 72.7 Å². The lowest BCUT2D eigenvalue weighted by molar-refractivity contribution is -0.372. The number of primary amides is 3. The number of nitrogens with two attached hydrogens (primary N) is 7. The second-order valence-electron chi connectivity index (χ2n) is 22.8. The van der Waals surface area contributed by atoms with Crippen LogP contribution in [0.3, 0.4) is 0 Å². The van der Waals surface area contributed by atoms with Crippen LogP contribution in [0.4, 0.5) is 10.6 Å². The van der Waals surface area contributed by atoms with Crippen LogP contribution in [0.2, 0.25) is 0 Å². The molecule has 8 amide bonds. The van der Waals surface area contributed by atoms with Crippen molar-refractivity contribution < 1.29 is 103 Å². The predicted molar refractivity (Wildman–Crippen MR) is 340 cm³/mol. The molecule has 0 saturated carbocycles. The number of aromatic amines is 1. The fourth-order valence-electron chi connectivity index (χ4n) is 9.88. The second-order valence-corrected chi connectivity index (χ2v) is 24.6. The van der Waals surface area contributed by atoms with Gasteiger partial charge in [0, 0.05) is 55.3 Å². The number of unbranched alkanes of at least 4 members (excludes halogenated alkanes) is 1. The van der Waals surface area contributed by atoms with Crippen molar-refractivity contribution in [2.45, 2.75) is 163 Å². The molecule has 0 unspecified atom stereocenters. The summed E-state index contributed by atoms with van der Waals surface area (Å²) in [6.07, 6.45) is -23.9. The van der Waals surface area contributed by atoms with E-state index in [9.17, 15) is 74.4 Å². The summed E-state index contributed by atoms with van der Waals surface area (Å²) in [5.74, 6) is -8.85. The van der Waals surface area contributed by atoms with E-state index in [1.54, 1.807) is 10.8 Å². The molecule has 0 aromatic carbocycles. The molecule has 6 heterocycles. The quantitative estimate of drug-likeness (QED) is 0.0114. The predicted octanol–water partition coefficient (Wildman–Crippen LogP) is -8.92. The van der Waals surface area contributed by atoms with Gasteiger partial charge in [0.25, 0.3) is 11.8 Å². The van der Waals surface area contributed by atoms with Gasteiger partial charge in [0.15, 0.2) is 24.6 Å². The van der Waals surface area contributed by atoms with Crippen molar-refractivity contribution in [2.75, 3.05) is 45.1 Å². The molecule has 4 aromatic rings. The Labute approximate surface area is 565 Å². The van der Waals surface area contributed by atoms with Gasteiger partial charge in [-0.3, -0.25) is 38.6 Å². The number of amides is 8. The fourth-order valence-corrected chi connectivity index (χ4v) is 11.5. The number of carbonyl (C=O) groups is 8. The Balaban J connectivity index is 1.24. The van der Waals surface area contributed by atoms with Crippen LogP contribution in [0.5, 0.6) is 0 Å². The number of aliphatic imine (C=N–C) groups is 1. The number of H-pyrrole nitrogens is 1. The van der Waals surface area contributed by atoms with Crippen molar-refractivity contribution in [3.8, 4) is 10.7 Å². The Morgan fingerprint density at radius 3 is 2.09 bits per heavy atom. The zero-order valence-electron chi connectivity index (χ0n) is 53.3. The number of aliphatic hydroxyl groups excluding tert-OH is 8. The van der Waals surface area contributed by atoms with Crippen molar-refractivity contribution >= 4 is 81.9 Å². The summed E-state index contributed by atoms with van der Waals surface area (Å²) in [6.45, 7) is 3.39. The van der Waals surface area contributed by atoms with E-state index in [1.807, 2.05) is 0 Å². The van der Waals surface area contributed by atoms with Gasteiger partial charge in [-0.25, -0.2) is 29.7 Å². The number of nitrogen functional groups attached to an aromatic ring is 1. The third-order valence-electron chi connectivity index (χ3n) is 15.4. The summed E-state index contributed by atoms with van der Waals surface area (Å²) in [6, 6.07) is -7.89. The summed E-state index contributed by atoms with van der Waals surface area (Å²) in [7, 11) is 0. The molecule has 0 aliphatic carbocycles. The number of aliphatic hydroxyl groups is 8. The zero-order valence-corrected chi connectivity index (χ0v) is 54.9. The average Bonchev–Trinajstić information content (AvgIpc) is 0.925. The summed E-state index contributed by atoms with van der Waals surface area (Å²) in [4.78, 5) is 135. The lowest BCUT2D eigenvalue weighted by Gasteiger charge is -2.47. The molecule has 0 spiro atoms. The lowest BCUT2D eigenvalue weighted by atomic mass is 9.96. The molecule has 2 saturated heterocycles. The number of carbonyl (C=O) groups excluding carboxylic acids is 8. The highest BCUT2D eigenvalue weighted by Crippen LogP contribution is 2.35. The van der Waals surface area contributed by atoms with Crippen molar-refractivity contribution in [1.82, 2.24) is 61.8 Å². The maximum absolute atomic E-state index is 15.2. The van der Waals surface area contributed by atoms with Crippen LogP contribution in [-0.2, 0) is 54.1 Å². The van der Waals surface area contributed by atoms with Gasteiger partial charge in [0.2, 0.25) is 29.5 Å². The van der Waals surface area contributed by atoms with Crippen LogP contribution in [0.15, 0.2) is 28.3 Å². The summed E-state index contributed by atoms with van der Waals surface area (Å²) in [5.41, 5.74) is 38.6. The molecule has 19 atom stereocenters. The number of imidazole rings is 1. The number of nitrogens with zero attached hydrogens (tertiary/aromatic N) is 6. The zero-order chi connectivity index (χ0) is 72.4. The van der Waals surface area contributed by atoms with E-state index in [4.69, 9.17) is 63.8 Å². The van der Waals surface area contributed by atoms with Crippen LogP contribution in [-0.4, -0.2) is 261 Å². The number of anilines is 1. The fraction of sp³-hybridized carbons (Fsp3) is 0.600. The normalized spacial score (nSPS) is 23.6. The third-order valence-corrected chi connectivity index (χ3v) is 17.2. The van der Waals surface area contributed by atoms with E-state index in [2.05, 4.69) is 66.8 Å². The number of thiazole rings is 2. The molecule has 2 aliphatic rings. The number of aromatic nitrogens is 6. The molecule has 98 heavy (non-hydrogen) atoms. The van der Waals surface area contributed by atoms with Gasteiger partial charge in [-0.15, -0.1) is 22.7 Å². The van der Waals surface area contributed by atoms with E-state index in [-0.39, 0.29) is 60.0 Å². The molecular formula is C55H84N20O21S2. The summed E-state index contributed by atoms with van der Waals surface area (Å²) < 4.78 is 28.7. The van der Waals surface area contributed by atoms with Gasteiger partial charge in [-0.05, 0) is 33.6 Å². The Kier molecular flexibility index (Phi) is 29.2. The highest BCUT2D eigenvalue weighted by Gasteiger charge is 2.54. The first-order valence-electron chi connectivity index (χ1n) is 30.4. The maximum Gasteiger partial charge on any atom is 0.404 e. The summed E-state index contributed by atoms with van der Waals surface area (Å²) in [5, 5.41) is 108. The minimum Gasteiger partial charge on any atom is -0.441 e. The minimum atomic E-state index is -2.20. The number of ether oxygens (including phenoxy) is 5. The number of nitrogens with one attached hydrogen (secondary N) is 7. The Hall–Kier alpha value is -8.38. The van der Waals surface area contributed by atoms with Gasteiger partial charge in [0.1, 0.15) is 94.6 Å². The highest BCUT2D eigenvalue weighted by atomic mass is 32.1. The minimum absolute atomic E-state index is 0.0175. The topological polar surface area (TPSA) is 691 Å². The van der Waals surface area contributed by atoms with E-state index >= 15 is 4.79 Å². The number of rotatable bonds is 36. The van der Waals surface area contributed by atoms with Crippen LogP contribution < -0.4 is 72.0 Å². The van der Waals surface area contributed by atoms with E-state index < -0.39 is 183 Å². The van der Waals surface area contributed by atoms with Gasteiger partial charge >= 0.3 is 6.09 Å². The highest BCUT2D eigenvalue weighted by molar-refractivity contribution is 7.14. The number of hydrogen-bond donors (Lipinski definition) is 22. The number of guanidine groups is 1. The number of hydrogen-bond acceptors (Lipinski definition) is 32. The molecule has 2 fully saturated rings. The Morgan fingerprint density at radius 2 is 1.46 bits per heavy atom. The molecule has 43 heteroatoms. The molecular weight excluding hydrogens is 1340 g/mol. The molecule has 2 aliphatic heterocycles. The van der Waals surface area contributed by atoms with Gasteiger partial charge in [-0.1, -0.05) is 6.92 Å². The molecule has 41 nitrogen and oxygen atoms in total. The van der Waals surface area contributed by atoms with Crippen LogP contribution in [0.25, 0.3) is 10.7 Å². The monoisotopic (exact) mass is 1420 g/mol. The molecule has 29 N–H and O–H groups in total. The third kappa shape index (κ3) is 21.1. The SMILES string of the molecule is Cc1c(N)nc([C@@H](CC(N)=O)NC[C@@H](N)C(N)=O)nc1C(=O)N[C@@H](C(=O)N[C@@H](C)[C@H](O)[C@@H](C)C(=O)N[C@@H](C(=O)NCCc1nc(-c2nc(C(=O)NCCCCN=C(N)N)cs2)cs1)[C@H](C)O)[C@H](O[C@@H]1O[C@H](CO)[C@H](O)[C@@H](O)[C@H]1O[C@@H]1O[C@@H](CO)[C@H](O)[C@@H](OC(N)=O)[C@H]1O)c1cnc[nH]1. The van der Waals surface area contributed by atoms with Crippen LogP contribution in [0.1, 0.15) is 95.2 Å².